The van der Waals surface area contributed by atoms with Crippen LogP contribution in [0.25, 0.3) is 0 Å². The zero-order valence-corrected chi connectivity index (χ0v) is 13.3. The van der Waals surface area contributed by atoms with Gasteiger partial charge in [0, 0.05) is 25.2 Å². The third-order valence-corrected chi connectivity index (χ3v) is 3.50. The zero-order chi connectivity index (χ0) is 17.5. The Morgan fingerprint density at radius 2 is 1.75 bits per heavy atom. The highest BCUT2D eigenvalue weighted by molar-refractivity contribution is 5.94. The molecule has 0 aliphatic rings. The summed E-state index contributed by atoms with van der Waals surface area (Å²) in [6.45, 7) is 1.63. The van der Waals surface area contributed by atoms with Crippen LogP contribution in [0, 0.1) is 11.6 Å². The SMILES string of the molecule is CC(=O)N(CCc1ccccc1)CC(=O)Nc1ccc(F)c(F)c1. The van der Waals surface area contributed by atoms with Gasteiger partial charge in [-0.15, -0.1) is 0 Å². The van der Waals surface area contributed by atoms with Crippen molar-refractivity contribution in [3.05, 3.63) is 65.7 Å². The zero-order valence-electron chi connectivity index (χ0n) is 13.3. The summed E-state index contributed by atoms with van der Waals surface area (Å²) >= 11 is 0. The standard InChI is InChI=1S/C18H18F2N2O2/c1-13(23)22(10-9-14-5-3-2-4-6-14)12-18(24)21-15-7-8-16(19)17(20)11-15/h2-8,11H,9-10,12H2,1H3,(H,21,24). The maximum atomic E-state index is 13.1. The van der Waals surface area contributed by atoms with Crippen molar-refractivity contribution in [3.63, 3.8) is 0 Å². The minimum atomic E-state index is -1.04. The number of carbonyl (C=O) groups is 2. The van der Waals surface area contributed by atoms with E-state index in [1.165, 1.54) is 17.9 Å². The van der Waals surface area contributed by atoms with E-state index in [-0.39, 0.29) is 18.1 Å². The van der Waals surface area contributed by atoms with E-state index in [2.05, 4.69) is 5.32 Å². The highest BCUT2D eigenvalue weighted by Crippen LogP contribution is 2.13. The number of carbonyl (C=O) groups excluding carboxylic acids is 2. The van der Waals surface area contributed by atoms with Crippen molar-refractivity contribution < 1.29 is 18.4 Å². The van der Waals surface area contributed by atoms with Gasteiger partial charge in [0.15, 0.2) is 11.6 Å². The lowest BCUT2D eigenvalue weighted by Gasteiger charge is -2.20. The van der Waals surface area contributed by atoms with Gasteiger partial charge < -0.3 is 10.2 Å². The molecule has 0 aromatic heterocycles. The number of amides is 2. The molecule has 24 heavy (non-hydrogen) atoms. The molecule has 1 N–H and O–H groups in total. The summed E-state index contributed by atoms with van der Waals surface area (Å²) < 4.78 is 26.0. The second-order valence-corrected chi connectivity index (χ2v) is 5.35. The largest absolute Gasteiger partial charge is 0.333 e. The lowest BCUT2D eigenvalue weighted by atomic mass is 10.1. The number of nitrogens with zero attached hydrogens (tertiary/aromatic N) is 1. The van der Waals surface area contributed by atoms with E-state index in [0.717, 1.165) is 17.7 Å². The third kappa shape index (κ3) is 5.15. The Kier molecular flexibility index (Phi) is 6.01. The van der Waals surface area contributed by atoms with E-state index in [0.29, 0.717) is 13.0 Å². The van der Waals surface area contributed by atoms with Gasteiger partial charge in [0.2, 0.25) is 11.8 Å². The van der Waals surface area contributed by atoms with Gasteiger partial charge in [-0.1, -0.05) is 30.3 Å². The van der Waals surface area contributed by atoms with E-state index in [1.54, 1.807) is 0 Å². The second kappa shape index (κ2) is 8.19. The third-order valence-electron chi connectivity index (χ3n) is 3.50. The van der Waals surface area contributed by atoms with Crippen molar-refractivity contribution in [2.24, 2.45) is 0 Å². The molecule has 2 rings (SSSR count). The number of hydrogen-bond donors (Lipinski definition) is 1. The van der Waals surface area contributed by atoms with E-state index < -0.39 is 17.5 Å². The van der Waals surface area contributed by atoms with Gasteiger partial charge in [-0.05, 0) is 24.1 Å². The van der Waals surface area contributed by atoms with Crippen molar-refractivity contribution in [1.82, 2.24) is 4.90 Å². The molecule has 0 unspecified atom stereocenters. The topological polar surface area (TPSA) is 49.4 Å². The molecule has 0 atom stereocenters. The lowest BCUT2D eigenvalue weighted by molar-refractivity contribution is -0.132. The first kappa shape index (κ1) is 17.6. The fourth-order valence-electron chi connectivity index (χ4n) is 2.20. The van der Waals surface area contributed by atoms with Gasteiger partial charge in [-0.25, -0.2) is 8.78 Å². The first-order chi connectivity index (χ1) is 11.5. The molecule has 0 aliphatic heterocycles. The predicted octanol–water partition coefficient (Wildman–Crippen LogP) is 2.99. The Morgan fingerprint density at radius 3 is 2.38 bits per heavy atom. The molecule has 0 radical (unpaired) electrons. The van der Waals surface area contributed by atoms with Crippen LogP contribution in [0.2, 0.25) is 0 Å². The van der Waals surface area contributed by atoms with Crippen molar-refractivity contribution in [2.75, 3.05) is 18.4 Å². The number of nitrogens with one attached hydrogen (secondary N) is 1. The van der Waals surface area contributed by atoms with Crippen LogP contribution in [0.15, 0.2) is 48.5 Å². The Balaban J connectivity index is 1.92. The maximum Gasteiger partial charge on any atom is 0.243 e. The van der Waals surface area contributed by atoms with E-state index in [9.17, 15) is 18.4 Å². The van der Waals surface area contributed by atoms with Gasteiger partial charge in [0.1, 0.15) is 0 Å². The van der Waals surface area contributed by atoms with Crippen molar-refractivity contribution in [1.29, 1.82) is 0 Å². The normalized spacial score (nSPS) is 10.3. The van der Waals surface area contributed by atoms with Crippen LogP contribution in [-0.2, 0) is 16.0 Å². The molecule has 6 heteroatoms. The number of benzene rings is 2. The molecule has 0 fully saturated rings. The molecule has 0 bridgehead atoms. The minimum absolute atomic E-state index is 0.144. The summed E-state index contributed by atoms with van der Waals surface area (Å²) in [4.78, 5) is 25.1. The molecule has 126 valence electrons. The number of rotatable bonds is 6. The summed E-state index contributed by atoms with van der Waals surface area (Å²) in [5.41, 5.74) is 1.20. The molecule has 0 saturated heterocycles. The highest BCUT2D eigenvalue weighted by atomic mass is 19.2. The first-order valence-electron chi connectivity index (χ1n) is 7.50. The van der Waals surface area contributed by atoms with Crippen molar-refractivity contribution >= 4 is 17.5 Å². The van der Waals surface area contributed by atoms with Crippen LogP contribution in [-0.4, -0.2) is 29.8 Å². The molecule has 4 nitrogen and oxygen atoms in total. The van der Waals surface area contributed by atoms with Gasteiger partial charge in [-0.2, -0.15) is 0 Å². The smallest absolute Gasteiger partial charge is 0.243 e. The second-order valence-electron chi connectivity index (χ2n) is 5.35. The number of hydrogen-bond acceptors (Lipinski definition) is 2. The lowest BCUT2D eigenvalue weighted by Crippen LogP contribution is -2.38. The summed E-state index contributed by atoms with van der Waals surface area (Å²) in [6.07, 6.45) is 0.624. The van der Waals surface area contributed by atoms with Crippen molar-refractivity contribution in [2.45, 2.75) is 13.3 Å². The van der Waals surface area contributed by atoms with Crippen LogP contribution in [0.5, 0.6) is 0 Å². The Morgan fingerprint density at radius 1 is 1.04 bits per heavy atom. The minimum Gasteiger partial charge on any atom is -0.333 e. The summed E-state index contributed by atoms with van der Waals surface area (Å²) in [5.74, 6) is -2.72. The highest BCUT2D eigenvalue weighted by Gasteiger charge is 2.14. The predicted molar refractivity (Wildman–Crippen MR) is 87.4 cm³/mol. The molecule has 2 aromatic rings. The molecule has 0 spiro atoms. The summed E-state index contributed by atoms with van der Waals surface area (Å²) in [6, 6.07) is 12.7. The molecule has 0 heterocycles. The van der Waals surface area contributed by atoms with Gasteiger partial charge in [0.25, 0.3) is 0 Å². The quantitative estimate of drug-likeness (QED) is 0.884. The number of anilines is 1. The Hall–Kier alpha value is -2.76. The van der Waals surface area contributed by atoms with Crippen LogP contribution in [0.4, 0.5) is 14.5 Å². The van der Waals surface area contributed by atoms with Crippen LogP contribution < -0.4 is 5.32 Å². The average molecular weight is 332 g/mol. The van der Waals surface area contributed by atoms with Gasteiger partial charge >= 0.3 is 0 Å². The van der Waals surface area contributed by atoms with Crippen molar-refractivity contribution in [3.8, 4) is 0 Å². The molecule has 0 saturated carbocycles. The number of halogens is 2. The molecule has 2 amide bonds. The fourth-order valence-corrected chi connectivity index (χ4v) is 2.20. The fraction of sp³-hybridized carbons (Fsp3) is 0.222. The molecule has 0 aliphatic carbocycles. The molecular formula is C18H18F2N2O2. The van der Waals surface area contributed by atoms with Crippen LogP contribution in [0.1, 0.15) is 12.5 Å². The Bertz CT molecular complexity index is 720. The van der Waals surface area contributed by atoms with E-state index in [1.807, 2.05) is 30.3 Å². The average Bonchev–Trinajstić information content (AvgIpc) is 2.55. The van der Waals surface area contributed by atoms with E-state index in [4.69, 9.17) is 0 Å². The molecular weight excluding hydrogens is 314 g/mol. The molecule has 2 aromatic carbocycles. The first-order valence-corrected chi connectivity index (χ1v) is 7.50. The van der Waals surface area contributed by atoms with E-state index >= 15 is 0 Å². The van der Waals surface area contributed by atoms with Crippen LogP contribution >= 0.6 is 0 Å². The summed E-state index contributed by atoms with van der Waals surface area (Å²) in [7, 11) is 0. The maximum absolute atomic E-state index is 13.1. The summed E-state index contributed by atoms with van der Waals surface area (Å²) in [5, 5.41) is 2.45. The monoisotopic (exact) mass is 332 g/mol. The van der Waals surface area contributed by atoms with Crippen LogP contribution in [0.3, 0.4) is 0 Å². The van der Waals surface area contributed by atoms with Gasteiger partial charge in [-0.3, -0.25) is 9.59 Å². The Labute approximate surface area is 139 Å². The van der Waals surface area contributed by atoms with Gasteiger partial charge in [0.05, 0.1) is 6.54 Å².